The van der Waals surface area contributed by atoms with Crippen LogP contribution in [-0.2, 0) is 16.8 Å². The number of hydrogen-bond donors (Lipinski definition) is 2. The number of para-hydroxylation sites is 1. The van der Waals surface area contributed by atoms with Crippen LogP contribution >= 0.6 is 0 Å². The van der Waals surface area contributed by atoms with E-state index < -0.39 is 0 Å². The van der Waals surface area contributed by atoms with Gasteiger partial charge in [-0.2, -0.15) is 0 Å². The molecular weight excluding hydrogens is 360 g/mol. The van der Waals surface area contributed by atoms with Crippen molar-refractivity contribution in [3.63, 3.8) is 0 Å². The van der Waals surface area contributed by atoms with Crippen LogP contribution in [0, 0.1) is 0 Å². The van der Waals surface area contributed by atoms with Gasteiger partial charge in [-0.05, 0) is 88.5 Å². The number of nitrogens with zero attached hydrogens (tertiary/aromatic N) is 1. The van der Waals surface area contributed by atoms with Crippen molar-refractivity contribution in [1.82, 2.24) is 9.88 Å². The molecule has 2 N–H and O–H groups in total. The number of phenolic OH excluding ortho intramolecular Hbond substituents is 1. The van der Waals surface area contributed by atoms with Crippen LogP contribution in [0.4, 0.5) is 0 Å². The normalized spacial score (nSPS) is 23.7. The van der Waals surface area contributed by atoms with Crippen molar-refractivity contribution in [2.45, 2.75) is 43.6 Å². The molecule has 1 aliphatic heterocycles. The molecule has 2 aliphatic rings. The highest BCUT2D eigenvalue weighted by molar-refractivity contribution is 5.85. The molecule has 0 bridgehead atoms. The second kappa shape index (κ2) is 8.21. The monoisotopic (exact) mass is 392 g/mol. The molecule has 29 heavy (non-hydrogen) atoms. The molecule has 1 spiro atoms. The molecule has 2 aromatic carbocycles. The van der Waals surface area contributed by atoms with Gasteiger partial charge in [0.15, 0.2) is 0 Å². The summed E-state index contributed by atoms with van der Waals surface area (Å²) in [6.45, 7) is 0.811. The summed E-state index contributed by atoms with van der Waals surface area (Å²) < 4.78 is 6.39. The number of ether oxygens (including phenoxy) is 1. The highest BCUT2D eigenvalue weighted by atomic mass is 16.5. The zero-order valence-electron chi connectivity index (χ0n) is 17.7. The summed E-state index contributed by atoms with van der Waals surface area (Å²) in [5.74, 6) is 0.876. The van der Waals surface area contributed by atoms with E-state index in [1.807, 2.05) is 38.2 Å². The van der Waals surface area contributed by atoms with Crippen LogP contribution in [-0.4, -0.2) is 42.7 Å². The van der Waals surface area contributed by atoms with E-state index in [0.29, 0.717) is 11.7 Å². The first-order valence-electron chi connectivity index (χ1n) is 10.6. The van der Waals surface area contributed by atoms with Gasteiger partial charge >= 0.3 is 0 Å². The Kier molecular flexibility index (Phi) is 5.66. The lowest BCUT2D eigenvalue weighted by molar-refractivity contribution is -0.0900. The van der Waals surface area contributed by atoms with Crippen LogP contribution in [0.15, 0.2) is 48.5 Å². The smallest absolute Gasteiger partial charge is 0.115 e. The van der Waals surface area contributed by atoms with Crippen molar-refractivity contribution >= 4 is 10.9 Å². The SMILES string of the molecule is CN(C)C.Oc1cccc(C2CCC3(CC2)OCCc2c3[nH]c3ccccc23)c1. The van der Waals surface area contributed by atoms with Gasteiger partial charge in [0.2, 0.25) is 0 Å². The van der Waals surface area contributed by atoms with Crippen molar-refractivity contribution in [3.05, 3.63) is 65.4 Å². The largest absolute Gasteiger partial charge is 0.508 e. The number of aromatic amines is 1. The van der Waals surface area contributed by atoms with Crippen molar-refractivity contribution in [2.24, 2.45) is 0 Å². The zero-order valence-corrected chi connectivity index (χ0v) is 17.7. The predicted octanol–water partition coefficient (Wildman–Crippen LogP) is 5.18. The minimum atomic E-state index is -0.153. The maximum Gasteiger partial charge on any atom is 0.115 e. The van der Waals surface area contributed by atoms with E-state index in [9.17, 15) is 5.11 Å². The van der Waals surface area contributed by atoms with Crippen molar-refractivity contribution in [1.29, 1.82) is 0 Å². The van der Waals surface area contributed by atoms with Crippen LogP contribution < -0.4 is 0 Å². The Balaban J connectivity index is 0.000000472. The molecule has 0 unspecified atom stereocenters. The first kappa shape index (κ1) is 20.0. The van der Waals surface area contributed by atoms with Crippen LogP contribution in [0.5, 0.6) is 5.75 Å². The summed E-state index contributed by atoms with van der Waals surface area (Å²) in [6, 6.07) is 16.4. The van der Waals surface area contributed by atoms with E-state index in [4.69, 9.17) is 4.74 Å². The van der Waals surface area contributed by atoms with Crippen molar-refractivity contribution in [2.75, 3.05) is 27.7 Å². The number of nitrogens with one attached hydrogen (secondary N) is 1. The minimum Gasteiger partial charge on any atom is -0.508 e. The molecule has 4 heteroatoms. The molecule has 2 heterocycles. The summed E-state index contributed by atoms with van der Waals surface area (Å²) in [5.41, 5.74) is 5.10. The summed E-state index contributed by atoms with van der Waals surface area (Å²) in [4.78, 5) is 5.68. The molecule has 4 nitrogen and oxygen atoms in total. The Hall–Kier alpha value is -2.30. The fourth-order valence-electron chi connectivity index (χ4n) is 4.86. The fourth-order valence-corrected chi connectivity index (χ4v) is 4.86. The molecule has 1 saturated carbocycles. The summed E-state index contributed by atoms with van der Waals surface area (Å²) in [6.07, 6.45) is 5.26. The standard InChI is InChI=1S/C22H23NO2.C3H9N/c24-17-5-3-4-16(14-17)15-8-11-22(12-9-15)21-19(10-13-25-22)18-6-1-2-7-20(18)23-21;1-4(2)3/h1-7,14-15,23-24H,8-13H2;1-3H3. The topological polar surface area (TPSA) is 48.5 Å². The summed E-state index contributed by atoms with van der Waals surface area (Å²) in [5, 5.41) is 11.1. The third-order valence-corrected chi connectivity index (χ3v) is 6.13. The Labute approximate surface area is 173 Å². The minimum absolute atomic E-state index is 0.153. The molecule has 1 aliphatic carbocycles. The van der Waals surface area contributed by atoms with E-state index in [-0.39, 0.29) is 5.60 Å². The van der Waals surface area contributed by atoms with Gasteiger partial charge in [0.25, 0.3) is 0 Å². The maximum atomic E-state index is 9.77. The number of aromatic hydroxyl groups is 1. The molecule has 0 radical (unpaired) electrons. The predicted molar refractivity (Wildman–Crippen MR) is 119 cm³/mol. The molecule has 154 valence electrons. The summed E-state index contributed by atoms with van der Waals surface area (Å²) >= 11 is 0. The van der Waals surface area contributed by atoms with Gasteiger partial charge in [0, 0.05) is 10.9 Å². The Morgan fingerprint density at radius 1 is 1.03 bits per heavy atom. The maximum absolute atomic E-state index is 9.77. The first-order chi connectivity index (χ1) is 14.0. The molecule has 1 aromatic heterocycles. The third-order valence-electron chi connectivity index (χ3n) is 6.13. The molecule has 1 fully saturated rings. The quantitative estimate of drug-likeness (QED) is 0.600. The van der Waals surface area contributed by atoms with Crippen molar-refractivity contribution in [3.8, 4) is 5.75 Å². The molecule has 3 aromatic rings. The number of aromatic nitrogens is 1. The average molecular weight is 393 g/mol. The lowest BCUT2D eigenvalue weighted by Crippen LogP contribution is -2.38. The number of rotatable bonds is 1. The lowest BCUT2D eigenvalue weighted by atomic mass is 9.73. The van der Waals surface area contributed by atoms with E-state index in [1.54, 1.807) is 6.07 Å². The average Bonchev–Trinajstić information content (AvgIpc) is 3.09. The lowest BCUT2D eigenvalue weighted by Gasteiger charge is -2.42. The molecular formula is C25H32N2O2. The molecule has 0 saturated heterocycles. The highest BCUT2D eigenvalue weighted by Gasteiger charge is 2.43. The summed E-state index contributed by atoms with van der Waals surface area (Å²) in [7, 11) is 6.00. The number of H-pyrrole nitrogens is 1. The third kappa shape index (κ3) is 4.05. The fraction of sp³-hybridized carbons (Fsp3) is 0.440. The van der Waals surface area contributed by atoms with E-state index >= 15 is 0 Å². The second-order valence-electron chi connectivity index (χ2n) is 8.83. The van der Waals surface area contributed by atoms with Crippen LogP contribution in [0.25, 0.3) is 10.9 Å². The Bertz CT molecular complexity index is 965. The number of benzene rings is 2. The van der Waals surface area contributed by atoms with Crippen LogP contribution in [0.3, 0.4) is 0 Å². The van der Waals surface area contributed by atoms with Gasteiger partial charge in [0.1, 0.15) is 11.4 Å². The molecule has 0 amide bonds. The van der Waals surface area contributed by atoms with Gasteiger partial charge in [-0.1, -0.05) is 30.3 Å². The van der Waals surface area contributed by atoms with Crippen LogP contribution in [0.1, 0.15) is 48.4 Å². The Morgan fingerprint density at radius 3 is 2.48 bits per heavy atom. The highest BCUT2D eigenvalue weighted by Crippen LogP contribution is 2.49. The van der Waals surface area contributed by atoms with Gasteiger partial charge in [-0.15, -0.1) is 0 Å². The van der Waals surface area contributed by atoms with Crippen molar-refractivity contribution < 1.29 is 9.84 Å². The van der Waals surface area contributed by atoms with Gasteiger partial charge in [0.05, 0.1) is 12.3 Å². The number of fused-ring (bicyclic) bond motifs is 4. The first-order valence-corrected chi connectivity index (χ1v) is 10.6. The van der Waals surface area contributed by atoms with Gasteiger partial charge < -0.3 is 19.7 Å². The molecule has 5 rings (SSSR count). The number of hydrogen-bond acceptors (Lipinski definition) is 3. The van der Waals surface area contributed by atoms with E-state index in [1.165, 1.54) is 27.7 Å². The Morgan fingerprint density at radius 2 is 1.76 bits per heavy atom. The van der Waals surface area contributed by atoms with Crippen LogP contribution in [0.2, 0.25) is 0 Å². The van der Waals surface area contributed by atoms with E-state index in [0.717, 1.165) is 38.7 Å². The molecule has 0 atom stereocenters. The van der Waals surface area contributed by atoms with Gasteiger partial charge in [-0.25, -0.2) is 0 Å². The number of phenols is 1. The zero-order chi connectivity index (χ0) is 20.4. The van der Waals surface area contributed by atoms with E-state index in [2.05, 4.69) is 35.3 Å². The van der Waals surface area contributed by atoms with Gasteiger partial charge in [-0.3, -0.25) is 0 Å². The second-order valence-corrected chi connectivity index (χ2v) is 8.83.